The molecule has 0 aliphatic heterocycles. The first-order valence-electron chi connectivity index (χ1n) is 3.68. The third-order valence-electron chi connectivity index (χ3n) is 1.62. The Kier molecular flexibility index (Phi) is 3.51. The van der Waals surface area contributed by atoms with E-state index in [1.54, 1.807) is 0 Å². The van der Waals surface area contributed by atoms with Gasteiger partial charge in [0.2, 0.25) is 5.69 Å². The van der Waals surface area contributed by atoms with Crippen LogP contribution in [0.3, 0.4) is 0 Å². The van der Waals surface area contributed by atoms with E-state index < -0.39 is 28.5 Å². The molecule has 0 spiro atoms. The maximum atomic E-state index is 12.3. The summed E-state index contributed by atoms with van der Waals surface area (Å²) < 4.78 is 24.7. The maximum absolute atomic E-state index is 12.3. The molecule has 1 heterocycles. The molecule has 0 radical (unpaired) electrons. The number of pyridine rings is 1. The number of alkyl halides is 3. The summed E-state index contributed by atoms with van der Waals surface area (Å²) in [6.45, 7) is 0. The summed E-state index contributed by atoms with van der Waals surface area (Å²) in [5, 5.41) is 19.7. The quantitative estimate of drug-likeness (QED) is 0.525. The standard InChI is InChI=1S/C7H5BrF2N2O3/c8-2-4-5(13)1-3(6(9)10)7(11-4)12(14)15/h1,6,13H,2H2. The topological polar surface area (TPSA) is 76.3 Å². The lowest BCUT2D eigenvalue weighted by Crippen LogP contribution is -2.01. The largest absolute Gasteiger partial charge is 0.504 e. The van der Waals surface area contributed by atoms with Crippen LogP contribution in [-0.4, -0.2) is 15.0 Å². The number of halogens is 3. The number of aromatic hydroxyl groups is 1. The summed E-state index contributed by atoms with van der Waals surface area (Å²) in [7, 11) is 0. The van der Waals surface area contributed by atoms with E-state index in [9.17, 15) is 24.0 Å². The monoisotopic (exact) mass is 282 g/mol. The Morgan fingerprint density at radius 2 is 2.27 bits per heavy atom. The fraction of sp³-hybridized carbons (Fsp3) is 0.286. The SMILES string of the molecule is O=[N+]([O-])c1nc(CBr)c(O)cc1C(F)F. The van der Waals surface area contributed by atoms with Crippen molar-refractivity contribution in [3.05, 3.63) is 27.4 Å². The fourth-order valence-electron chi connectivity index (χ4n) is 0.950. The van der Waals surface area contributed by atoms with Gasteiger partial charge in [-0.3, -0.25) is 0 Å². The summed E-state index contributed by atoms with van der Waals surface area (Å²) in [6, 6.07) is 0.659. The smallest absolute Gasteiger partial charge is 0.372 e. The summed E-state index contributed by atoms with van der Waals surface area (Å²) in [6.07, 6.45) is -3.05. The van der Waals surface area contributed by atoms with Crippen LogP contribution < -0.4 is 0 Å². The second kappa shape index (κ2) is 4.47. The first-order valence-corrected chi connectivity index (χ1v) is 4.80. The zero-order valence-corrected chi connectivity index (χ0v) is 8.74. The Hall–Kier alpha value is -1.31. The van der Waals surface area contributed by atoms with Crippen LogP contribution in [0.5, 0.6) is 5.75 Å². The lowest BCUT2D eigenvalue weighted by molar-refractivity contribution is -0.391. The predicted octanol–water partition coefficient (Wildman–Crippen LogP) is 2.53. The number of hydrogen-bond acceptors (Lipinski definition) is 4. The molecule has 0 fully saturated rings. The van der Waals surface area contributed by atoms with Crippen molar-refractivity contribution >= 4 is 21.7 Å². The van der Waals surface area contributed by atoms with Gasteiger partial charge in [0, 0.05) is 6.07 Å². The van der Waals surface area contributed by atoms with Gasteiger partial charge in [0.25, 0.3) is 6.43 Å². The molecule has 0 aliphatic carbocycles. The summed E-state index contributed by atoms with van der Waals surface area (Å²) in [5.41, 5.74) is -0.937. The molecule has 8 heteroatoms. The van der Waals surface area contributed by atoms with E-state index in [1.807, 2.05) is 0 Å². The van der Waals surface area contributed by atoms with Crippen LogP contribution in [0.15, 0.2) is 6.07 Å². The van der Waals surface area contributed by atoms with Gasteiger partial charge in [-0.05, 0) is 9.91 Å². The van der Waals surface area contributed by atoms with Crippen LogP contribution >= 0.6 is 15.9 Å². The van der Waals surface area contributed by atoms with Gasteiger partial charge in [0.1, 0.15) is 5.56 Å². The first-order chi connectivity index (χ1) is 6.97. The molecule has 0 unspecified atom stereocenters. The lowest BCUT2D eigenvalue weighted by Gasteiger charge is -2.03. The third-order valence-corrected chi connectivity index (χ3v) is 2.15. The van der Waals surface area contributed by atoms with Crippen molar-refractivity contribution in [3.8, 4) is 5.75 Å². The Morgan fingerprint density at radius 1 is 1.67 bits per heavy atom. The van der Waals surface area contributed by atoms with Crippen LogP contribution in [0, 0.1) is 10.1 Å². The van der Waals surface area contributed by atoms with Crippen molar-refractivity contribution in [2.24, 2.45) is 0 Å². The van der Waals surface area contributed by atoms with Crippen LogP contribution in [0.1, 0.15) is 17.7 Å². The number of nitro groups is 1. The molecule has 1 N–H and O–H groups in total. The highest BCUT2D eigenvalue weighted by atomic mass is 79.9. The van der Waals surface area contributed by atoms with Gasteiger partial charge in [-0.25, -0.2) is 8.78 Å². The van der Waals surface area contributed by atoms with E-state index in [1.165, 1.54) is 0 Å². The summed E-state index contributed by atoms with van der Waals surface area (Å²) in [5.74, 6) is -1.43. The van der Waals surface area contributed by atoms with Crippen LogP contribution in [0.4, 0.5) is 14.6 Å². The van der Waals surface area contributed by atoms with Crippen molar-refractivity contribution in [1.82, 2.24) is 4.98 Å². The summed E-state index contributed by atoms with van der Waals surface area (Å²) in [4.78, 5) is 12.7. The molecule has 5 nitrogen and oxygen atoms in total. The second-order valence-electron chi connectivity index (χ2n) is 2.56. The molecule has 0 bridgehead atoms. The zero-order chi connectivity index (χ0) is 11.6. The van der Waals surface area contributed by atoms with Crippen molar-refractivity contribution in [2.75, 3.05) is 0 Å². The number of rotatable bonds is 3. The van der Waals surface area contributed by atoms with E-state index in [0.29, 0.717) is 6.07 Å². The molecule has 1 aromatic rings. The molecule has 0 aliphatic rings. The first kappa shape index (κ1) is 11.8. The van der Waals surface area contributed by atoms with E-state index in [-0.39, 0.29) is 11.0 Å². The molecule has 1 rings (SSSR count). The highest BCUT2D eigenvalue weighted by Crippen LogP contribution is 2.32. The van der Waals surface area contributed by atoms with E-state index in [4.69, 9.17) is 0 Å². The lowest BCUT2D eigenvalue weighted by atomic mass is 10.2. The molecule has 0 aromatic carbocycles. The predicted molar refractivity (Wildman–Crippen MR) is 50.1 cm³/mol. The molecule has 0 amide bonds. The average Bonchev–Trinajstić information content (AvgIpc) is 2.16. The van der Waals surface area contributed by atoms with Crippen molar-refractivity contribution in [1.29, 1.82) is 0 Å². The molecular weight excluding hydrogens is 278 g/mol. The van der Waals surface area contributed by atoms with E-state index in [2.05, 4.69) is 20.9 Å². The highest BCUT2D eigenvalue weighted by Gasteiger charge is 2.26. The van der Waals surface area contributed by atoms with Gasteiger partial charge < -0.3 is 15.2 Å². The highest BCUT2D eigenvalue weighted by molar-refractivity contribution is 9.08. The van der Waals surface area contributed by atoms with Crippen molar-refractivity contribution < 1.29 is 18.8 Å². The molecule has 82 valence electrons. The molecule has 0 atom stereocenters. The van der Waals surface area contributed by atoms with Gasteiger partial charge in [-0.15, -0.1) is 0 Å². The Morgan fingerprint density at radius 3 is 2.67 bits per heavy atom. The number of aromatic nitrogens is 1. The van der Waals surface area contributed by atoms with Gasteiger partial charge in [-0.2, -0.15) is 0 Å². The minimum Gasteiger partial charge on any atom is -0.504 e. The normalized spacial score (nSPS) is 10.7. The van der Waals surface area contributed by atoms with E-state index >= 15 is 0 Å². The van der Waals surface area contributed by atoms with Gasteiger partial charge in [0.05, 0.1) is 5.33 Å². The van der Waals surface area contributed by atoms with E-state index in [0.717, 1.165) is 0 Å². The maximum Gasteiger partial charge on any atom is 0.372 e. The fourth-order valence-corrected chi connectivity index (χ4v) is 1.36. The summed E-state index contributed by atoms with van der Waals surface area (Å²) >= 11 is 2.92. The van der Waals surface area contributed by atoms with Gasteiger partial charge in [-0.1, -0.05) is 15.9 Å². The minimum atomic E-state index is -3.05. The number of nitrogens with zero attached hydrogens (tertiary/aromatic N) is 2. The second-order valence-corrected chi connectivity index (χ2v) is 3.12. The Balaban J connectivity index is 3.39. The van der Waals surface area contributed by atoms with Crippen LogP contribution in [0.25, 0.3) is 0 Å². The number of hydrogen-bond donors (Lipinski definition) is 1. The van der Waals surface area contributed by atoms with Crippen LogP contribution in [-0.2, 0) is 5.33 Å². The minimum absolute atomic E-state index is 0.0448. The van der Waals surface area contributed by atoms with Gasteiger partial charge >= 0.3 is 5.82 Å². The average molecular weight is 283 g/mol. The van der Waals surface area contributed by atoms with Crippen LogP contribution in [0.2, 0.25) is 0 Å². The zero-order valence-electron chi connectivity index (χ0n) is 7.15. The molecular formula is C7H5BrF2N2O3. The Labute approximate surface area is 91.0 Å². The molecule has 1 aromatic heterocycles. The van der Waals surface area contributed by atoms with Gasteiger partial charge in [0.15, 0.2) is 5.75 Å². The molecule has 0 saturated carbocycles. The van der Waals surface area contributed by atoms with Crippen molar-refractivity contribution in [2.45, 2.75) is 11.8 Å². The Bertz CT molecular complexity index is 400. The third kappa shape index (κ3) is 2.38. The molecule has 15 heavy (non-hydrogen) atoms. The molecule has 0 saturated heterocycles. The van der Waals surface area contributed by atoms with Crippen molar-refractivity contribution in [3.63, 3.8) is 0 Å².